The van der Waals surface area contributed by atoms with Crippen LogP contribution in [-0.2, 0) is 14.8 Å². The molecule has 6 nitrogen and oxygen atoms in total. The van der Waals surface area contributed by atoms with Crippen molar-refractivity contribution < 1.29 is 17.9 Å². The zero-order valence-corrected chi connectivity index (χ0v) is 19.9. The molecule has 0 aromatic heterocycles. The average molecular weight is 514 g/mol. The van der Waals surface area contributed by atoms with Gasteiger partial charge in [0.1, 0.15) is 5.75 Å². The molecule has 1 amide bonds. The van der Waals surface area contributed by atoms with Crippen LogP contribution < -0.4 is 14.8 Å². The summed E-state index contributed by atoms with van der Waals surface area (Å²) in [6, 6.07) is 17.5. The molecule has 3 aromatic carbocycles. The summed E-state index contributed by atoms with van der Waals surface area (Å²) in [6.07, 6.45) is 0. The molecule has 0 aliphatic rings. The highest BCUT2D eigenvalue weighted by Crippen LogP contribution is 2.28. The van der Waals surface area contributed by atoms with E-state index in [0.29, 0.717) is 15.7 Å². The van der Waals surface area contributed by atoms with Crippen molar-refractivity contribution in [3.05, 3.63) is 87.4 Å². The van der Waals surface area contributed by atoms with Crippen molar-refractivity contribution in [3.63, 3.8) is 0 Å². The quantitative estimate of drug-likeness (QED) is 0.404. The van der Waals surface area contributed by atoms with Crippen LogP contribution in [0.15, 0.2) is 71.6 Å². The third kappa shape index (κ3) is 6.37. The maximum atomic E-state index is 12.7. The number of halogens is 3. The summed E-state index contributed by atoms with van der Waals surface area (Å²) in [5, 5.41) is 3.35. The summed E-state index contributed by atoms with van der Waals surface area (Å²) in [7, 11) is -3.82. The molecule has 1 atom stereocenters. The summed E-state index contributed by atoms with van der Waals surface area (Å²) >= 11 is 18.0. The van der Waals surface area contributed by atoms with Gasteiger partial charge in [0.05, 0.1) is 20.0 Å². The summed E-state index contributed by atoms with van der Waals surface area (Å²) in [4.78, 5) is 12.1. The Balaban J connectivity index is 1.62. The van der Waals surface area contributed by atoms with Gasteiger partial charge in [-0.3, -0.25) is 4.79 Å². The molecule has 0 aliphatic heterocycles. The van der Waals surface area contributed by atoms with Crippen molar-refractivity contribution in [3.8, 4) is 5.75 Å². The summed E-state index contributed by atoms with van der Waals surface area (Å²) in [5.74, 6) is -0.277. The van der Waals surface area contributed by atoms with Crippen LogP contribution in [0.3, 0.4) is 0 Å². The van der Waals surface area contributed by atoms with E-state index in [4.69, 9.17) is 39.5 Å². The molecule has 3 aromatic rings. The second-order valence-corrected chi connectivity index (χ2v) is 9.75. The highest BCUT2D eigenvalue weighted by atomic mass is 35.5. The predicted octanol–water partition coefficient (Wildman–Crippen LogP) is 5.70. The molecule has 2 N–H and O–H groups in total. The van der Waals surface area contributed by atoms with Gasteiger partial charge in [-0.1, -0.05) is 65.1 Å². The third-order valence-corrected chi connectivity index (χ3v) is 6.98. The Kier molecular flexibility index (Phi) is 8.03. The molecule has 0 saturated carbocycles. The fraction of sp³-hybridized carbons (Fsp3) is 0.136. The second kappa shape index (κ2) is 10.6. The van der Waals surface area contributed by atoms with Crippen LogP contribution in [0.25, 0.3) is 0 Å². The molecule has 10 heteroatoms. The Morgan fingerprint density at radius 2 is 1.66 bits per heavy atom. The monoisotopic (exact) mass is 512 g/mol. The van der Waals surface area contributed by atoms with E-state index in [2.05, 4.69) is 10.0 Å². The molecule has 32 heavy (non-hydrogen) atoms. The lowest BCUT2D eigenvalue weighted by Crippen LogP contribution is -2.27. The Morgan fingerprint density at radius 1 is 0.938 bits per heavy atom. The fourth-order valence-corrected chi connectivity index (χ4v) is 4.65. The first-order chi connectivity index (χ1) is 15.2. The molecule has 0 aliphatic carbocycles. The van der Waals surface area contributed by atoms with Gasteiger partial charge >= 0.3 is 0 Å². The lowest BCUT2D eigenvalue weighted by Gasteiger charge is -2.15. The number of ether oxygens (including phenoxy) is 1. The van der Waals surface area contributed by atoms with Crippen LogP contribution >= 0.6 is 34.8 Å². The topological polar surface area (TPSA) is 84.5 Å². The number of hydrogen-bond donors (Lipinski definition) is 2. The molecule has 0 bridgehead atoms. The zero-order chi connectivity index (χ0) is 23.3. The smallest absolute Gasteiger partial charge is 0.262 e. The molecule has 0 spiro atoms. The SMILES string of the molecule is C[C@@H](NS(=O)(=O)c1ccc(OCC(=O)Nc2ccc(Cl)c(Cl)c2)c(Cl)c1)c1ccccc1. The number of rotatable bonds is 8. The normalized spacial score (nSPS) is 12.2. The standard InChI is InChI=1S/C22H19Cl3N2O4S/c1-14(15-5-3-2-4-6-15)27-32(29,30)17-8-10-21(20(25)12-17)31-13-22(28)26-16-7-9-18(23)19(24)11-16/h2-12,14,27H,13H2,1H3,(H,26,28)/t14-/m1/s1. The number of hydrogen-bond acceptors (Lipinski definition) is 4. The number of carbonyl (C=O) groups is 1. The van der Waals surface area contributed by atoms with Gasteiger partial charge in [-0.05, 0) is 48.9 Å². The summed E-state index contributed by atoms with van der Waals surface area (Å²) < 4.78 is 33.4. The van der Waals surface area contributed by atoms with Gasteiger partial charge < -0.3 is 10.1 Å². The molecule has 0 heterocycles. The molecular weight excluding hydrogens is 495 g/mol. The minimum Gasteiger partial charge on any atom is -0.482 e. The largest absolute Gasteiger partial charge is 0.482 e. The minimum absolute atomic E-state index is 0.0158. The first kappa shape index (κ1) is 24.4. The van der Waals surface area contributed by atoms with Crippen molar-refractivity contribution in [2.45, 2.75) is 17.9 Å². The minimum atomic E-state index is -3.82. The molecule has 0 saturated heterocycles. The van der Waals surface area contributed by atoms with E-state index in [9.17, 15) is 13.2 Å². The van der Waals surface area contributed by atoms with Crippen molar-refractivity contribution in [1.82, 2.24) is 4.72 Å². The molecule has 3 rings (SSSR count). The lowest BCUT2D eigenvalue weighted by atomic mass is 10.1. The summed E-state index contributed by atoms with van der Waals surface area (Å²) in [5.41, 5.74) is 1.29. The van der Waals surface area contributed by atoms with E-state index in [1.165, 1.54) is 24.3 Å². The van der Waals surface area contributed by atoms with Gasteiger partial charge in [-0.2, -0.15) is 0 Å². The number of sulfonamides is 1. The van der Waals surface area contributed by atoms with E-state index in [1.54, 1.807) is 19.1 Å². The molecule has 168 valence electrons. The average Bonchev–Trinajstić information content (AvgIpc) is 2.75. The number of anilines is 1. The molecule has 0 fully saturated rings. The first-order valence-corrected chi connectivity index (χ1v) is 12.0. The summed E-state index contributed by atoms with van der Waals surface area (Å²) in [6.45, 7) is 1.41. The molecule has 0 unspecified atom stereocenters. The lowest BCUT2D eigenvalue weighted by molar-refractivity contribution is -0.118. The number of nitrogens with one attached hydrogen (secondary N) is 2. The van der Waals surface area contributed by atoms with E-state index >= 15 is 0 Å². The van der Waals surface area contributed by atoms with Gasteiger partial charge in [0.15, 0.2) is 6.61 Å². The van der Waals surface area contributed by atoms with Crippen molar-refractivity contribution in [2.24, 2.45) is 0 Å². The number of benzene rings is 3. The Hall–Kier alpha value is -2.29. The first-order valence-electron chi connectivity index (χ1n) is 9.40. The van der Waals surface area contributed by atoms with Gasteiger partial charge in [0.2, 0.25) is 10.0 Å². The van der Waals surface area contributed by atoms with E-state index in [0.717, 1.165) is 5.56 Å². The fourth-order valence-electron chi connectivity index (χ4n) is 2.79. The Labute approximate surface area is 201 Å². The van der Waals surface area contributed by atoms with Crippen molar-refractivity contribution in [1.29, 1.82) is 0 Å². The van der Waals surface area contributed by atoms with Gasteiger partial charge in [0, 0.05) is 11.7 Å². The van der Waals surface area contributed by atoms with Gasteiger partial charge in [-0.15, -0.1) is 0 Å². The highest BCUT2D eigenvalue weighted by Gasteiger charge is 2.20. The van der Waals surface area contributed by atoms with Crippen LogP contribution in [0.5, 0.6) is 5.75 Å². The second-order valence-electron chi connectivity index (χ2n) is 6.81. The van der Waals surface area contributed by atoms with Crippen LogP contribution in [0.1, 0.15) is 18.5 Å². The van der Waals surface area contributed by atoms with Crippen LogP contribution in [-0.4, -0.2) is 20.9 Å². The Bertz CT molecular complexity index is 1220. The maximum Gasteiger partial charge on any atom is 0.262 e. The number of amides is 1. The third-order valence-electron chi connectivity index (χ3n) is 4.41. The maximum absolute atomic E-state index is 12.7. The highest BCUT2D eigenvalue weighted by molar-refractivity contribution is 7.89. The van der Waals surface area contributed by atoms with E-state index in [-0.39, 0.29) is 22.3 Å². The molecule has 0 radical (unpaired) electrons. The van der Waals surface area contributed by atoms with Crippen molar-refractivity contribution >= 4 is 56.4 Å². The van der Waals surface area contributed by atoms with Gasteiger partial charge in [-0.25, -0.2) is 13.1 Å². The molecular formula is C22H19Cl3N2O4S. The van der Waals surface area contributed by atoms with Crippen LogP contribution in [0.4, 0.5) is 5.69 Å². The van der Waals surface area contributed by atoms with Gasteiger partial charge in [0.25, 0.3) is 5.91 Å². The van der Waals surface area contributed by atoms with E-state index in [1.807, 2.05) is 30.3 Å². The Morgan fingerprint density at radius 3 is 2.31 bits per heavy atom. The van der Waals surface area contributed by atoms with Crippen molar-refractivity contribution in [2.75, 3.05) is 11.9 Å². The predicted molar refractivity (Wildman–Crippen MR) is 127 cm³/mol. The number of carbonyl (C=O) groups excluding carboxylic acids is 1. The van der Waals surface area contributed by atoms with Crippen LogP contribution in [0.2, 0.25) is 15.1 Å². The zero-order valence-electron chi connectivity index (χ0n) is 16.8. The van der Waals surface area contributed by atoms with E-state index < -0.39 is 22.0 Å². The van der Waals surface area contributed by atoms with Crippen LogP contribution in [0, 0.1) is 0 Å².